The zero-order chi connectivity index (χ0) is 10.5. The van der Waals surface area contributed by atoms with Crippen LogP contribution in [0.4, 0.5) is 0 Å². The van der Waals surface area contributed by atoms with Crippen molar-refractivity contribution in [2.45, 2.75) is 25.0 Å². The highest BCUT2D eigenvalue weighted by molar-refractivity contribution is 4.82. The second kappa shape index (κ2) is 4.88. The van der Waals surface area contributed by atoms with Crippen LogP contribution in [0.1, 0.15) is 13.8 Å². The summed E-state index contributed by atoms with van der Waals surface area (Å²) in [5, 5.41) is 35.6. The van der Waals surface area contributed by atoms with Gasteiger partial charge in [0.2, 0.25) is 0 Å². The number of aliphatic hydroxyl groups excluding tert-OH is 4. The molecule has 5 nitrogen and oxygen atoms in total. The van der Waals surface area contributed by atoms with Crippen LogP contribution < -0.4 is 0 Å². The molecule has 0 aliphatic rings. The minimum Gasteiger partial charge on any atom is -0.393 e. The van der Waals surface area contributed by atoms with Gasteiger partial charge in [-0.3, -0.25) is 0 Å². The van der Waals surface area contributed by atoms with Gasteiger partial charge in [0.1, 0.15) is 11.2 Å². The molecule has 5 heteroatoms. The quantitative estimate of drug-likeness (QED) is 0.413. The Morgan fingerprint density at radius 2 is 1.00 bits per heavy atom. The number of ether oxygens (including phenoxy) is 1. The van der Waals surface area contributed by atoms with Crippen molar-refractivity contribution in [1.82, 2.24) is 0 Å². The normalized spacial score (nSPS) is 13.4. The number of hydrogen-bond donors (Lipinski definition) is 4. The molecular weight excluding hydrogens is 176 g/mol. The van der Waals surface area contributed by atoms with Gasteiger partial charge in [0.25, 0.3) is 0 Å². The minimum atomic E-state index is -1.14. The van der Waals surface area contributed by atoms with Crippen LogP contribution in [0.25, 0.3) is 0 Å². The molecule has 13 heavy (non-hydrogen) atoms. The van der Waals surface area contributed by atoms with E-state index in [1.165, 1.54) is 13.8 Å². The molecule has 0 spiro atoms. The molecule has 0 aliphatic heterocycles. The van der Waals surface area contributed by atoms with Crippen molar-refractivity contribution in [3.05, 3.63) is 0 Å². The van der Waals surface area contributed by atoms with Crippen molar-refractivity contribution in [3.8, 4) is 0 Å². The van der Waals surface area contributed by atoms with Crippen molar-refractivity contribution < 1.29 is 25.2 Å². The SMILES string of the molecule is CC(CO)(CO)OC(C)(CO)CO. The maximum Gasteiger partial charge on any atom is 0.112 e. The molecular formula is C8H18O5. The lowest BCUT2D eigenvalue weighted by molar-refractivity contribution is -0.201. The van der Waals surface area contributed by atoms with E-state index in [9.17, 15) is 0 Å². The lowest BCUT2D eigenvalue weighted by atomic mass is 10.1. The third-order valence-corrected chi connectivity index (χ3v) is 1.83. The van der Waals surface area contributed by atoms with Gasteiger partial charge in [0, 0.05) is 0 Å². The molecule has 0 saturated carbocycles. The first-order valence-corrected chi connectivity index (χ1v) is 4.09. The Hall–Kier alpha value is -0.200. The van der Waals surface area contributed by atoms with E-state index in [2.05, 4.69) is 0 Å². The summed E-state index contributed by atoms with van der Waals surface area (Å²) < 4.78 is 5.22. The summed E-state index contributed by atoms with van der Waals surface area (Å²) in [4.78, 5) is 0. The van der Waals surface area contributed by atoms with Gasteiger partial charge in [-0.25, -0.2) is 0 Å². The van der Waals surface area contributed by atoms with Crippen LogP contribution in [0.15, 0.2) is 0 Å². The average Bonchev–Trinajstić information content (AvgIpc) is 2.17. The summed E-state index contributed by atoms with van der Waals surface area (Å²) in [6.07, 6.45) is 0. The van der Waals surface area contributed by atoms with Crippen molar-refractivity contribution >= 4 is 0 Å². The van der Waals surface area contributed by atoms with E-state index < -0.39 is 11.2 Å². The molecule has 0 aliphatic carbocycles. The lowest BCUT2D eigenvalue weighted by Crippen LogP contribution is -2.49. The second-order valence-corrected chi connectivity index (χ2v) is 3.63. The van der Waals surface area contributed by atoms with Gasteiger partial charge in [0.15, 0.2) is 0 Å². The van der Waals surface area contributed by atoms with Crippen LogP contribution in [0.3, 0.4) is 0 Å². The standard InChI is InChI=1S/C8H18O5/c1-7(3-9,4-10)13-8(2,5-11)6-12/h9-12H,3-6H2,1-2H3. The Labute approximate surface area is 77.6 Å². The van der Waals surface area contributed by atoms with Crippen LogP contribution in [0.2, 0.25) is 0 Å². The van der Waals surface area contributed by atoms with Gasteiger partial charge in [-0.15, -0.1) is 0 Å². The summed E-state index contributed by atoms with van der Waals surface area (Å²) in [6, 6.07) is 0. The molecule has 0 fully saturated rings. The van der Waals surface area contributed by atoms with E-state index in [-0.39, 0.29) is 26.4 Å². The van der Waals surface area contributed by atoms with Crippen molar-refractivity contribution in [2.24, 2.45) is 0 Å². The Kier molecular flexibility index (Phi) is 4.80. The smallest absolute Gasteiger partial charge is 0.112 e. The highest BCUT2D eigenvalue weighted by Gasteiger charge is 2.34. The Morgan fingerprint density at radius 1 is 0.769 bits per heavy atom. The molecule has 0 bridgehead atoms. The predicted molar refractivity (Wildman–Crippen MR) is 46.2 cm³/mol. The summed E-state index contributed by atoms with van der Waals surface area (Å²) in [5.41, 5.74) is -2.28. The molecule has 0 atom stereocenters. The molecule has 0 unspecified atom stereocenters. The fourth-order valence-corrected chi connectivity index (χ4v) is 0.824. The average molecular weight is 194 g/mol. The van der Waals surface area contributed by atoms with Crippen LogP contribution >= 0.6 is 0 Å². The zero-order valence-electron chi connectivity index (χ0n) is 8.03. The summed E-state index contributed by atoms with van der Waals surface area (Å²) >= 11 is 0. The fourth-order valence-electron chi connectivity index (χ4n) is 0.824. The topological polar surface area (TPSA) is 90.2 Å². The van der Waals surface area contributed by atoms with Crippen molar-refractivity contribution in [1.29, 1.82) is 0 Å². The molecule has 0 aromatic rings. The molecule has 0 radical (unpaired) electrons. The van der Waals surface area contributed by atoms with Gasteiger partial charge in [0.05, 0.1) is 26.4 Å². The van der Waals surface area contributed by atoms with Gasteiger partial charge >= 0.3 is 0 Å². The van der Waals surface area contributed by atoms with Crippen LogP contribution in [0.5, 0.6) is 0 Å². The van der Waals surface area contributed by atoms with E-state index in [0.717, 1.165) is 0 Å². The monoisotopic (exact) mass is 194 g/mol. The highest BCUT2D eigenvalue weighted by Crippen LogP contribution is 2.19. The maximum absolute atomic E-state index is 8.89. The molecule has 0 heterocycles. The second-order valence-electron chi connectivity index (χ2n) is 3.63. The predicted octanol–water partition coefficient (Wildman–Crippen LogP) is -1.51. The van der Waals surface area contributed by atoms with Crippen LogP contribution in [-0.4, -0.2) is 58.1 Å². The molecule has 0 rings (SSSR count). The zero-order valence-corrected chi connectivity index (χ0v) is 8.03. The molecule has 0 saturated heterocycles. The van der Waals surface area contributed by atoms with Gasteiger partial charge < -0.3 is 25.2 Å². The van der Waals surface area contributed by atoms with Crippen LogP contribution in [-0.2, 0) is 4.74 Å². The Morgan fingerprint density at radius 3 is 1.15 bits per heavy atom. The third-order valence-electron chi connectivity index (χ3n) is 1.83. The lowest BCUT2D eigenvalue weighted by Gasteiger charge is -2.36. The molecule has 4 N–H and O–H groups in total. The van der Waals surface area contributed by atoms with E-state index in [1.54, 1.807) is 0 Å². The van der Waals surface area contributed by atoms with E-state index in [0.29, 0.717) is 0 Å². The highest BCUT2D eigenvalue weighted by atomic mass is 16.6. The van der Waals surface area contributed by atoms with Crippen molar-refractivity contribution in [3.63, 3.8) is 0 Å². The first-order chi connectivity index (χ1) is 5.95. The summed E-state index contributed by atoms with van der Waals surface area (Å²) in [7, 11) is 0. The third kappa shape index (κ3) is 3.58. The minimum absolute atomic E-state index is 0.376. The first kappa shape index (κ1) is 12.8. The Bertz CT molecular complexity index is 123. The number of aliphatic hydroxyl groups is 4. The van der Waals surface area contributed by atoms with E-state index in [4.69, 9.17) is 25.2 Å². The number of hydrogen-bond acceptors (Lipinski definition) is 5. The first-order valence-electron chi connectivity index (χ1n) is 4.09. The molecule has 0 amide bonds. The molecule has 0 aromatic carbocycles. The van der Waals surface area contributed by atoms with Crippen LogP contribution in [0, 0.1) is 0 Å². The van der Waals surface area contributed by atoms with E-state index >= 15 is 0 Å². The fraction of sp³-hybridized carbons (Fsp3) is 1.00. The molecule has 0 aromatic heterocycles. The summed E-state index contributed by atoms with van der Waals surface area (Å²) in [5.74, 6) is 0. The maximum atomic E-state index is 8.89. The number of rotatable bonds is 6. The van der Waals surface area contributed by atoms with Gasteiger partial charge in [-0.2, -0.15) is 0 Å². The van der Waals surface area contributed by atoms with Gasteiger partial charge in [-0.1, -0.05) is 0 Å². The Balaban J connectivity index is 4.36. The van der Waals surface area contributed by atoms with Gasteiger partial charge in [-0.05, 0) is 13.8 Å². The largest absolute Gasteiger partial charge is 0.393 e. The summed E-state index contributed by atoms with van der Waals surface area (Å²) in [6.45, 7) is 1.49. The van der Waals surface area contributed by atoms with Crippen molar-refractivity contribution in [2.75, 3.05) is 26.4 Å². The van der Waals surface area contributed by atoms with E-state index in [1.807, 2.05) is 0 Å². The molecule has 80 valence electrons.